The van der Waals surface area contributed by atoms with E-state index < -0.39 is 6.10 Å². The van der Waals surface area contributed by atoms with Crippen LogP contribution in [0.4, 0.5) is 0 Å². The van der Waals surface area contributed by atoms with Gasteiger partial charge in [-0.15, -0.1) is 0 Å². The lowest BCUT2D eigenvalue weighted by Gasteiger charge is -2.15. The summed E-state index contributed by atoms with van der Waals surface area (Å²) < 4.78 is 10.7. The summed E-state index contributed by atoms with van der Waals surface area (Å²) in [5, 5.41) is 9.62. The molecule has 0 aliphatic carbocycles. The second-order valence-corrected chi connectivity index (χ2v) is 17.2. The minimum Gasteiger partial charge on any atom is -0.462 e. The fraction of sp³-hybridized carbons (Fsp3) is 0.815. The van der Waals surface area contributed by atoms with E-state index in [4.69, 9.17) is 9.47 Å². The molecular formula is C54H98O5. The third-order valence-corrected chi connectivity index (χ3v) is 11.4. The van der Waals surface area contributed by atoms with Crippen LogP contribution >= 0.6 is 0 Å². The largest absolute Gasteiger partial charge is 0.462 e. The van der Waals surface area contributed by atoms with Gasteiger partial charge in [0.15, 0.2) is 6.10 Å². The van der Waals surface area contributed by atoms with E-state index in [9.17, 15) is 14.7 Å². The van der Waals surface area contributed by atoms with Gasteiger partial charge < -0.3 is 14.6 Å². The third kappa shape index (κ3) is 48.4. The lowest BCUT2D eigenvalue weighted by Crippen LogP contribution is -2.28. The van der Waals surface area contributed by atoms with Crippen LogP contribution < -0.4 is 0 Å². The Hall–Kier alpha value is -2.14. The number of unbranched alkanes of at least 4 members (excludes halogenated alkanes) is 31. The summed E-state index contributed by atoms with van der Waals surface area (Å²) in [7, 11) is 0. The Morgan fingerprint density at radius 3 is 1.10 bits per heavy atom. The number of carbonyl (C=O) groups is 2. The van der Waals surface area contributed by atoms with E-state index in [0.717, 1.165) is 70.6 Å². The van der Waals surface area contributed by atoms with Gasteiger partial charge in [0.25, 0.3) is 0 Å². The quantitative estimate of drug-likeness (QED) is 0.0376. The van der Waals surface area contributed by atoms with Gasteiger partial charge in [0, 0.05) is 12.8 Å². The van der Waals surface area contributed by atoms with Crippen LogP contribution in [0.5, 0.6) is 0 Å². The summed E-state index contributed by atoms with van der Waals surface area (Å²) in [5.41, 5.74) is 0. The molecule has 0 saturated heterocycles. The highest BCUT2D eigenvalue weighted by Crippen LogP contribution is 2.17. The molecule has 0 fully saturated rings. The van der Waals surface area contributed by atoms with E-state index in [1.54, 1.807) is 0 Å². The highest BCUT2D eigenvalue weighted by atomic mass is 16.6. The highest BCUT2D eigenvalue weighted by Gasteiger charge is 2.16. The first-order valence-corrected chi connectivity index (χ1v) is 25.7. The average Bonchev–Trinajstić information content (AvgIpc) is 3.24. The predicted octanol–water partition coefficient (Wildman–Crippen LogP) is 16.9. The number of aliphatic hydroxyl groups excluding tert-OH is 1. The van der Waals surface area contributed by atoms with Crippen LogP contribution in [0.25, 0.3) is 0 Å². The van der Waals surface area contributed by atoms with Crippen molar-refractivity contribution in [1.29, 1.82) is 0 Å². The van der Waals surface area contributed by atoms with Gasteiger partial charge in [0.05, 0.1) is 6.61 Å². The van der Waals surface area contributed by atoms with E-state index in [1.807, 2.05) is 0 Å². The summed E-state index contributed by atoms with van der Waals surface area (Å²) in [6.45, 7) is 4.05. The Labute approximate surface area is 367 Å². The molecule has 0 radical (unpaired) electrons. The molecule has 0 aromatic rings. The number of carbonyl (C=O) groups excluding carboxylic acids is 2. The lowest BCUT2D eigenvalue weighted by atomic mass is 10.0. The van der Waals surface area contributed by atoms with Gasteiger partial charge in [-0.3, -0.25) is 9.59 Å². The minimum atomic E-state index is -0.779. The molecule has 0 aromatic carbocycles. The van der Waals surface area contributed by atoms with E-state index in [2.05, 4.69) is 62.5 Å². The van der Waals surface area contributed by atoms with Gasteiger partial charge in [-0.25, -0.2) is 0 Å². The molecule has 0 aliphatic heterocycles. The highest BCUT2D eigenvalue weighted by molar-refractivity contribution is 5.70. The SMILES string of the molecule is CC/C=C\C/C=C\C/C=C\C/C=C\CCCCCCCCC(=O)OC(CO)COC(=O)CCCCCCCCCCCCCCCCCCCCCCCCCCCC. The molecule has 0 bridgehead atoms. The van der Waals surface area contributed by atoms with Crippen LogP contribution in [0.2, 0.25) is 0 Å². The fourth-order valence-corrected chi connectivity index (χ4v) is 7.55. The van der Waals surface area contributed by atoms with Crippen LogP contribution in [0, 0.1) is 0 Å². The molecule has 1 N–H and O–H groups in total. The van der Waals surface area contributed by atoms with Crippen LogP contribution in [-0.2, 0) is 19.1 Å². The van der Waals surface area contributed by atoms with Crippen LogP contribution in [0.1, 0.15) is 264 Å². The number of rotatable bonds is 47. The number of ether oxygens (including phenoxy) is 2. The van der Waals surface area contributed by atoms with Gasteiger partial charge in [-0.2, -0.15) is 0 Å². The molecule has 0 saturated carbocycles. The van der Waals surface area contributed by atoms with Crippen molar-refractivity contribution < 1.29 is 24.2 Å². The molecule has 5 nitrogen and oxygen atoms in total. The molecule has 1 unspecified atom stereocenters. The van der Waals surface area contributed by atoms with Crippen molar-refractivity contribution in [2.45, 2.75) is 270 Å². The zero-order valence-electron chi connectivity index (χ0n) is 39.3. The Morgan fingerprint density at radius 1 is 0.407 bits per heavy atom. The molecule has 0 amide bonds. The number of aliphatic hydroxyl groups is 1. The standard InChI is InChI=1S/C54H98O5/c1-3-5-7-9-11-13-15-17-19-21-23-24-25-26-27-28-29-31-32-34-36-38-40-42-44-46-48-53(56)58-51-52(50-55)59-54(57)49-47-45-43-41-39-37-35-33-30-22-20-18-16-14-12-10-8-6-4-2/h6,8,12,14,18,20,30,33,52,55H,3-5,7,9-11,13,15-17,19,21-29,31-32,34-51H2,1-2H3/b8-6-,14-12-,20-18-,33-30-. The van der Waals surface area contributed by atoms with Crippen molar-refractivity contribution in [1.82, 2.24) is 0 Å². The van der Waals surface area contributed by atoms with Crippen molar-refractivity contribution in [3.8, 4) is 0 Å². The molecular weight excluding hydrogens is 729 g/mol. The monoisotopic (exact) mass is 827 g/mol. The van der Waals surface area contributed by atoms with Crippen molar-refractivity contribution in [2.75, 3.05) is 13.2 Å². The Kier molecular flexibility index (Phi) is 48.4. The molecule has 0 aliphatic rings. The van der Waals surface area contributed by atoms with Crippen molar-refractivity contribution in [3.05, 3.63) is 48.6 Å². The number of allylic oxidation sites excluding steroid dienone is 8. The van der Waals surface area contributed by atoms with Crippen molar-refractivity contribution >= 4 is 11.9 Å². The molecule has 0 spiro atoms. The first-order chi connectivity index (χ1) is 29.1. The first kappa shape index (κ1) is 56.9. The normalized spacial score (nSPS) is 12.5. The van der Waals surface area contributed by atoms with Gasteiger partial charge in [-0.1, -0.05) is 249 Å². The van der Waals surface area contributed by atoms with E-state index >= 15 is 0 Å². The summed E-state index contributed by atoms with van der Waals surface area (Å²) in [4.78, 5) is 24.4. The van der Waals surface area contributed by atoms with Gasteiger partial charge >= 0.3 is 11.9 Å². The molecule has 1 atom stereocenters. The Morgan fingerprint density at radius 2 is 0.729 bits per heavy atom. The number of esters is 2. The molecule has 59 heavy (non-hydrogen) atoms. The van der Waals surface area contributed by atoms with Gasteiger partial charge in [0.2, 0.25) is 0 Å². The van der Waals surface area contributed by atoms with Crippen molar-refractivity contribution in [2.24, 2.45) is 0 Å². The van der Waals surface area contributed by atoms with E-state index in [-0.39, 0.29) is 25.2 Å². The Balaban J connectivity index is 3.47. The second kappa shape index (κ2) is 50.2. The maximum atomic E-state index is 12.2. The molecule has 0 rings (SSSR count). The minimum absolute atomic E-state index is 0.0696. The third-order valence-electron chi connectivity index (χ3n) is 11.4. The lowest BCUT2D eigenvalue weighted by molar-refractivity contribution is -0.161. The zero-order chi connectivity index (χ0) is 42.8. The second-order valence-electron chi connectivity index (χ2n) is 17.2. The summed E-state index contributed by atoms with van der Waals surface area (Å²) in [5.74, 6) is -0.597. The Bertz CT molecular complexity index is 981. The fourth-order valence-electron chi connectivity index (χ4n) is 7.55. The maximum Gasteiger partial charge on any atom is 0.306 e. The summed E-state index contributed by atoms with van der Waals surface area (Å²) >= 11 is 0. The molecule has 5 heteroatoms. The smallest absolute Gasteiger partial charge is 0.306 e. The van der Waals surface area contributed by atoms with Crippen LogP contribution in [0.15, 0.2) is 48.6 Å². The average molecular weight is 827 g/mol. The van der Waals surface area contributed by atoms with Crippen molar-refractivity contribution in [3.63, 3.8) is 0 Å². The molecule has 0 heterocycles. The van der Waals surface area contributed by atoms with Gasteiger partial charge in [-0.05, 0) is 51.4 Å². The van der Waals surface area contributed by atoms with E-state index in [0.29, 0.717) is 12.8 Å². The molecule has 0 aromatic heterocycles. The van der Waals surface area contributed by atoms with Crippen LogP contribution in [0.3, 0.4) is 0 Å². The molecule has 344 valence electrons. The first-order valence-electron chi connectivity index (χ1n) is 25.7. The van der Waals surface area contributed by atoms with E-state index in [1.165, 1.54) is 167 Å². The van der Waals surface area contributed by atoms with Gasteiger partial charge in [0.1, 0.15) is 6.61 Å². The zero-order valence-corrected chi connectivity index (χ0v) is 39.3. The van der Waals surface area contributed by atoms with Crippen LogP contribution in [-0.4, -0.2) is 36.4 Å². The maximum absolute atomic E-state index is 12.2. The number of hydrogen-bond acceptors (Lipinski definition) is 5. The number of hydrogen-bond donors (Lipinski definition) is 1. The topological polar surface area (TPSA) is 72.8 Å². The predicted molar refractivity (Wildman–Crippen MR) is 256 cm³/mol. The summed E-state index contributed by atoms with van der Waals surface area (Å²) in [6, 6.07) is 0. The summed E-state index contributed by atoms with van der Waals surface area (Å²) in [6.07, 6.45) is 65.0.